The summed E-state index contributed by atoms with van der Waals surface area (Å²) in [4.78, 5) is 36.1. The Bertz CT molecular complexity index is 1190. The maximum Gasteiger partial charge on any atom is 0.248 e. The van der Waals surface area contributed by atoms with Crippen molar-refractivity contribution in [3.05, 3.63) is 70.5 Å². The number of aromatic nitrogens is 2. The van der Waals surface area contributed by atoms with Crippen molar-refractivity contribution in [3.8, 4) is 0 Å². The highest BCUT2D eigenvalue weighted by Gasteiger charge is 2.19. The first-order valence-corrected chi connectivity index (χ1v) is 10.8. The molecule has 9 heteroatoms. The number of benzene rings is 2. The molecule has 1 aromatic heterocycles. The van der Waals surface area contributed by atoms with Gasteiger partial charge in [-0.05, 0) is 62.7 Å². The zero-order valence-electron chi connectivity index (χ0n) is 18.9. The standard InChI is InChI=1S/C24H26ClN5O3/c1-14-11-15(2)30(29-14)16(3)24(33)28-22-10-9-20(13-21(22)25)27-23(32)12-18-5-7-19(8-6-18)26-17(4)31/h5-11,13,16H,12H2,1-4H3,(H,26,31)(H,27,32)(H,28,33). The number of nitrogens with one attached hydrogen (secondary N) is 3. The van der Waals surface area contributed by atoms with Crippen LogP contribution in [-0.4, -0.2) is 27.5 Å². The van der Waals surface area contributed by atoms with E-state index in [0.29, 0.717) is 22.1 Å². The van der Waals surface area contributed by atoms with Gasteiger partial charge in [0.05, 0.1) is 22.8 Å². The minimum atomic E-state index is -0.508. The Balaban J connectivity index is 1.59. The Labute approximate surface area is 197 Å². The van der Waals surface area contributed by atoms with E-state index >= 15 is 0 Å². The van der Waals surface area contributed by atoms with Crippen LogP contribution < -0.4 is 16.0 Å². The van der Waals surface area contributed by atoms with E-state index in [-0.39, 0.29) is 24.1 Å². The minimum Gasteiger partial charge on any atom is -0.326 e. The fourth-order valence-electron chi connectivity index (χ4n) is 3.38. The molecule has 3 rings (SSSR count). The van der Waals surface area contributed by atoms with Crippen molar-refractivity contribution < 1.29 is 14.4 Å². The summed E-state index contributed by atoms with van der Waals surface area (Å²) in [6, 6.07) is 13.3. The highest BCUT2D eigenvalue weighted by Crippen LogP contribution is 2.27. The summed E-state index contributed by atoms with van der Waals surface area (Å²) in [6.45, 7) is 6.97. The van der Waals surface area contributed by atoms with Crippen molar-refractivity contribution in [2.45, 2.75) is 40.2 Å². The van der Waals surface area contributed by atoms with Crippen molar-refractivity contribution in [2.75, 3.05) is 16.0 Å². The average Bonchev–Trinajstić information content (AvgIpc) is 3.08. The molecule has 0 radical (unpaired) electrons. The molecule has 0 aliphatic rings. The van der Waals surface area contributed by atoms with Gasteiger partial charge in [0.15, 0.2) is 0 Å². The Morgan fingerprint density at radius 3 is 2.21 bits per heavy atom. The number of aryl methyl sites for hydroxylation is 2. The second-order valence-corrected chi connectivity index (χ2v) is 8.24. The molecule has 33 heavy (non-hydrogen) atoms. The Kier molecular flexibility index (Phi) is 7.50. The molecule has 3 N–H and O–H groups in total. The second-order valence-electron chi connectivity index (χ2n) is 7.83. The van der Waals surface area contributed by atoms with Crippen LogP contribution in [0.5, 0.6) is 0 Å². The maximum absolute atomic E-state index is 12.7. The molecule has 0 fully saturated rings. The van der Waals surface area contributed by atoms with E-state index < -0.39 is 6.04 Å². The number of hydrogen-bond acceptors (Lipinski definition) is 4. The predicted octanol–water partition coefficient (Wildman–Crippen LogP) is 4.49. The first-order chi connectivity index (χ1) is 15.6. The van der Waals surface area contributed by atoms with Crippen LogP contribution in [-0.2, 0) is 20.8 Å². The van der Waals surface area contributed by atoms with Crippen LogP contribution in [0.4, 0.5) is 17.1 Å². The van der Waals surface area contributed by atoms with Crippen LogP contribution >= 0.6 is 11.6 Å². The third-order valence-corrected chi connectivity index (χ3v) is 5.25. The Morgan fingerprint density at radius 2 is 1.64 bits per heavy atom. The number of carbonyl (C=O) groups excluding carboxylic acids is 3. The number of rotatable bonds is 7. The van der Waals surface area contributed by atoms with E-state index in [1.54, 1.807) is 54.1 Å². The van der Waals surface area contributed by atoms with Crippen LogP contribution in [0.2, 0.25) is 5.02 Å². The molecule has 0 bridgehead atoms. The van der Waals surface area contributed by atoms with E-state index in [2.05, 4.69) is 21.0 Å². The smallest absolute Gasteiger partial charge is 0.248 e. The summed E-state index contributed by atoms with van der Waals surface area (Å²) in [7, 11) is 0. The molecule has 3 aromatic rings. The molecule has 0 saturated carbocycles. The minimum absolute atomic E-state index is 0.155. The maximum atomic E-state index is 12.7. The summed E-state index contributed by atoms with van der Waals surface area (Å²) < 4.78 is 1.66. The van der Waals surface area contributed by atoms with Gasteiger partial charge < -0.3 is 16.0 Å². The molecular weight excluding hydrogens is 442 g/mol. The van der Waals surface area contributed by atoms with Gasteiger partial charge in [0.2, 0.25) is 17.7 Å². The molecule has 0 aliphatic heterocycles. The van der Waals surface area contributed by atoms with E-state index in [1.165, 1.54) is 6.92 Å². The van der Waals surface area contributed by atoms with Crippen molar-refractivity contribution in [1.82, 2.24) is 9.78 Å². The zero-order valence-corrected chi connectivity index (χ0v) is 19.7. The molecule has 3 amide bonds. The first-order valence-electron chi connectivity index (χ1n) is 10.4. The molecule has 1 atom stereocenters. The molecule has 0 aliphatic carbocycles. The lowest BCUT2D eigenvalue weighted by atomic mass is 10.1. The van der Waals surface area contributed by atoms with Gasteiger partial charge in [0, 0.05) is 24.0 Å². The van der Waals surface area contributed by atoms with Gasteiger partial charge in [-0.3, -0.25) is 19.1 Å². The van der Waals surface area contributed by atoms with Gasteiger partial charge >= 0.3 is 0 Å². The summed E-state index contributed by atoms with van der Waals surface area (Å²) in [5, 5.41) is 12.9. The summed E-state index contributed by atoms with van der Waals surface area (Å²) in [6.07, 6.45) is 0.163. The SMILES string of the molecule is CC(=O)Nc1ccc(CC(=O)Nc2ccc(NC(=O)C(C)n3nc(C)cc3C)c(Cl)c2)cc1. The molecule has 0 spiro atoms. The molecule has 0 saturated heterocycles. The molecule has 172 valence electrons. The number of nitrogens with zero attached hydrogens (tertiary/aromatic N) is 2. The summed E-state index contributed by atoms with van der Waals surface area (Å²) in [5.74, 6) is -0.617. The Hall–Kier alpha value is -3.65. The van der Waals surface area contributed by atoms with Gasteiger partial charge in [-0.1, -0.05) is 23.7 Å². The third-order valence-electron chi connectivity index (χ3n) is 4.94. The van der Waals surface area contributed by atoms with Crippen LogP contribution in [0.1, 0.15) is 36.8 Å². The monoisotopic (exact) mass is 467 g/mol. The quantitative estimate of drug-likeness (QED) is 0.476. The van der Waals surface area contributed by atoms with E-state index in [4.69, 9.17) is 11.6 Å². The van der Waals surface area contributed by atoms with Gasteiger partial charge in [0.25, 0.3) is 0 Å². The van der Waals surface area contributed by atoms with Gasteiger partial charge in [-0.25, -0.2) is 0 Å². The van der Waals surface area contributed by atoms with Crippen LogP contribution in [0.25, 0.3) is 0 Å². The highest BCUT2D eigenvalue weighted by molar-refractivity contribution is 6.34. The average molecular weight is 468 g/mol. The summed E-state index contributed by atoms with van der Waals surface area (Å²) >= 11 is 6.34. The van der Waals surface area contributed by atoms with Crippen LogP contribution in [0.3, 0.4) is 0 Å². The number of carbonyl (C=O) groups is 3. The number of anilines is 3. The van der Waals surface area contributed by atoms with Crippen molar-refractivity contribution in [2.24, 2.45) is 0 Å². The lowest BCUT2D eigenvalue weighted by Gasteiger charge is -2.16. The van der Waals surface area contributed by atoms with Gasteiger partial charge in [0.1, 0.15) is 6.04 Å². The number of halogens is 1. The fourth-order valence-corrected chi connectivity index (χ4v) is 3.61. The van der Waals surface area contributed by atoms with Crippen molar-refractivity contribution in [1.29, 1.82) is 0 Å². The highest BCUT2D eigenvalue weighted by atomic mass is 35.5. The number of amides is 3. The van der Waals surface area contributed by atoms with Crippen LogP contribution in [0, 0.1) is 13.8 Å². The predicted molar refractivity (Wildman–Crippen MR) is 130 cm³/mol. The Morgan fingerprint density at radius 1 is 0.970 bits per heavy atom. The van der Waals surface area contributed by atoms with E-state index in [9.17, 15) is 14.4 Å². The van der Waals surface area contributed by atoms with Crippen molar-refractivity contribution in [3.63, 3.8) is 0 Å². The van der Waals surface area contributed by atoms with Crippen LogP contribution in [0.15, 0.2) is 48.5 Å². The lowest BCUT2D eigenvalue weighted by molar-refractivity contribution is -0.119. The zero-order chi connectivity index (χ0) is 24.1. The molecule has 1 heterocycles. The van der Waals surface area contributed by atoms with E-state index in [0.717, 1.165) is 17.0 Å². The summed E-state index contributed by atoms with van der Waals surface area (Å²) in [5.41, 5.74) is 4.17. The number of hydrogen-bond donors (Lipinski definition) is 3. The third kappa shape index (κ3) is 6.43. The fraction of sp³-hybridized carbons (Fsp3) is 0.250. The molecule has 1 unspecified atom stereocenters. The molecular formula is C24H26ClN5O3. The molecule has 2 aromatic carbocycles. The largest absolute Gasteiger partial charge is 0.326 e. The van der Waals surface area contributed by atoms with Gasteiger partial charge in [-0.2, -0.15) is 5.10 Å². The first kappa shape index (κ1) is 24.0. The lowest BCUT2D eigenvalue weighted by Crippen LogP contribution is -2.25. The topological polar surface area (TPSA) is 105 Å². The van der Waals surface area contributed by atoms with Crippen molar-refractivity contribution >= 4 is 46.4 Å². The molecule has 8 nitrogen and oxygen atoms in total. The second kappa shape index (κ2) is 10.3. The van der Waals surface area contributed by atoms with Gasteiger partial charge in [-0.15, -0.1) is 0 Å². The normalized spacial score (nSPS) is 11.5. The van der Waals surface area contributed by atoms with E-state index in [1.807, 2.05) is 19.9 Å².